The molecule has 2 aliphatic rings. The quantitative estimate of drug-likeness (QED) is 0.443. The van der Waals surface area contributed by atoms with Crippen LogP contribution in [-0.2, 0) is 0 Å². The second-order valence-electron chi connectivity index (χ2n) is 2.09. The number of nitrogens with one attached hydrogen (secondary N) is 2. The SMILES string of the molecule is C1CC2=C(C1)[NH+]=IN2. The first kappa shape index (κ1) is 4.90. The number of rotatable bonds is 0. The zero-order chi connectivity index (χ0) is 5.40. The predicted octanol–water partition coefficient (Wildman–Crippen LogP) is 0.135. The van der Waals surface area contributed by atoms with Gasteiger partial charge in [0.1, 0.15) is 0 Å². The largest absolute Gasteiger partial charge is 0.338 e. The van der Waals surface area contributed by atoms with E-state index in [-0.39, 0.29) is 21.3 Å². The minimum Gasteiger partial charge on any atom is -0.280 e. The van der Waals surface area contributed by atoms with E-state index in [2.05, 4.69) is 6.68 Å². The predicted molar refractivity (Wildman–Crippen MR) is 39.0 cm³/mol. The van der Waals surface area contributed by atoms with Gasteiger partial charge in [-0.15, -0.1) is 0 Å². The third-order valence-corrected chi connectivity index (χ3v) is 3.38. The van der Waals surface area contributed by atoms with Gasteiger partial charge in [0.05, 0.1) is 5.70 Å². The molecule has 0 aromatic heterocycles. The topological polar surface area (TPSA) is 26.0 Å². The zero-order valence-corrected chi connectivity index (χ0v) is 6.66. The molecule has 0 saturated carbocycles. The maximum absolute atomic E-state index is 3.40. The summed E-state index contributed by atoms with van der Waals surface area (Å²) in [6, 6.07) is 0. The maximum Gasteiger partial charge on any atom is 0.338 e. The van der Waals surface area contributed by atoms with E-state index in [1.54, 1.807) is 0 Å². The molecule has 0 atom stereocenters. The Balaban J connectivity index is 2.33. The van der Waals surface area contributed by atoms with E-state index in [9.17, 15) is 0 Å². The van der Waals surface area contributed by atoms with Crippen LogP contribution < -0.4 is 6.68 Å². The zero-order valence-electron chi connectivity index (χ0n) is 4.50. The molecule has 8 heavy (non-hydrogen) atoms. The third kappa shape index (κ3) is 0.604. The molecule has 0 aromatic carbocycles. The van der Waals surface area contributed by atoms with Gasteiger partial charge in [-0.3, -0.25) is 3.53 Å². The van der Waals surface area contributed by atoms with Gasteiger partial charge < -0.3 is 0 Å². The Morgan fingerprint density at radius 1 is 1.50 bits per heavy atom. The summed E-state index contributed by atoms with van der Waals surface area (Å²) in [5, 5.41) is 0. The summed E-state index contributed by atoms with van der Waals surface area (Å²) in [6.07, 6.45) is 3.94. The Labute approximate surface area is 58.9 Å². The van der Waals surface area contributed by atoms with Crippen LogP contribution >= 0.6 is 21.3 Å². The number of hydrogen-bond donors (Lipinski definition) is 2. The van der Waals surface area contributed by atoms with Crippen LogP contribution in [0.5, 0.6) is 0 Å². The van der Waals surface area contributed by atoms with Crippen LogP contribution in [-0.4, -0.2) is 0 Å². The lowest BCUT2D eigenvalue weighted by Crippen LogP contribution is -2.57. The molecule has 0 radical (unpaired) electrons. The maximum atomic E-state index is 3.40. The molecular weight excluding hydrogens is 215 g/mol. The van der Waals surface area contributed by atoms with Crippen LogP contribution in [0.1, 0.15) is 19.3 Å². The summed E-state index contributed by atoms with van der Waals surface area (Å²) in [5.41, 5.74) is 3.02. The molecule has 0 unspecified atom stereocenters. The van der Waals surface area contributed by atoms with Crippen molar-refractivity contribution in [1.29, 1.82) is 0 Å². The van der Waals surface area contributed by atoms with Gasteiger partial charge in [0.25, 0.3) is 0 Å². The fourth-order valence-corrected chi connectivity index (χ4v) is 3.07. The van der Waals surface area contributed by atoms with Gasteiger partial charge >= 0.3 is 21.3 Å². The van der Waals surface area contributed by atoms with Crippen molar-refractivity contribution < 1.29 is 3.15 Å². The van der Waals surface area contributed by atoms with Gasteiger partial charge in [-0.1, -0.05) is 0 Å². The van der Waals surface area contributed by atoms with Crippen LogP contribution in [0, 0.1) is 0 Å². The van der Waals surface area contributed by atoms with Crippen molar-refractivity contribution in [2.24, 2.45) is 0 Å². The second kappa shape index (κ2) is 1.79. The van der Waals surface area contributed by atoms with Gasteiger partial charge in [0, 0.05) is 6.42 Å². The fraction of sp³-hybridized carbons (Fsp3) is 0.600. The average Bonchev–Trinajstić information content (AvgIpc) is 2.15. The molecule has 1 heterocycles. The summed E-state index contributed by atoms with van der Waals surface area (Å²) in [4.78, 5) is 0. The van der Waals surface area contributed by atoms with E-state index in [0.29, 0.717) is 0 Å². The highest BCUT2D eigenvalue weighted by atomic mass is 127. The summed E-state index contributed by atoms with van der Waals surface area (Å²) < 4.78 is 6.79. The second-order valence-corrected chi connectivity index (χ2v) is 3.71. The van der Waals surface area contributed by atoms with Crippen LogP contribution in [0.2, 0.25) is 0 Å². The van der Waals surface area contributed by atoms with Crippen LogP contribution in [0.25, 0.3) is 0 Å². The molecule has 0 saturated heterocycles. The Bertz CT molecular complexity index is 171. The standard InChI is InChI=1S/C5H7IN2/c1-2-4-5(3-1)8-6-7-4/h1-3H2,(H,7,8)/p+1. The molecule has 0 bridgehead atoms. The molecule has 2 N–H and O–H groups in total. The van der Waals surface area contributed by atoms with Crippen LogP contribution in [0.15, 0.2) is 11.4 Å². The van der Waals surface area contributed by atoms with Gasteiger partial charge in [0.2, 0.25) is 5.70 Å². The number of hydrogen-bond acceptors (Lipinski definition) is 1. The molecule has 0 spiro atoms. The third-order valence-electron chi connectivity index (χ3n) is 1.54. The first-order valence-corrected chi connectivity index (χ1v) is 4.99. The summed E-state index contributed by atoms with van der Waals surface area (Å²) in [7, 11) is 0. The van der Waals surface area contributed by atoms with Crippen molar-refractivity contribution in [3.05, 3.63) is 11.4 Å². The smallest absolute Gasteiger partial charge is 0.280 e. The monoisotopic (exact) mass is 223 g/mol. The molecule has 44 valence electrons. The highest BCUT2D eigenvalue weighted by molar-refractivity contribution is 14.1. The van der Waals surface area contributed by atoms with Crippen molar-refractivity contribution in [1.82, 2.24) is 3.53 Å². The van der Waals surface area contributed by atoms with Crippen LogP contribution in [0.4, 0.5) is 0 Å². The van der Waals surface area contributed by atoms with Crippen molar-refractivity contribution in [3.8, 4) is 0 Å². The Kier molecular flexibility index (Phi) is 1.10. The fourth-order valence-electron chi connectivity index (χ4n) is 1.09. The molecule has 0 amide bonds. The highest BCUT2D eigenvalue weighted by Crippen LogP contribution is 2.22. The van der Waals surface area contributed by atoms with E-state index in [1.807, 2.05) is 0 Å². The molecule has 1 aliphatic heterocycles. The molecule has 0 aromatic rings. The Hall–Kier alpha value is 0.0700. The lowest BCUT2D eigenvalue weighted by atomic mass is 10.3. The molecule has 0 fully saturated rings. The van der Waals surface area contributed by atoms with Gasteiger partial charge in [-0.2, -0.15) is 3.15 Å². The first-order valence-electron chi connectivity index (χ1n) is 2.84. The summed E-state index contributed by atoms with van der Waals surface area (Å²) in [6.45, 7) is 0. The Morgan fingerprint density at radius 2 is 2.50 bits per heavy atom. The summed E-state index contributed by atoms with van der Waals surface area (Å²) in [5.74, 6) is 0. The minimum atomic E-state index is 0.133. The molecule has 2 nitrogen and oxygen atoms in total. The van der Waals surface area contributed by atoms with Gasteiger partial charge in [0.15, 0.2) is 0 Å². The highest BCUT2D eigenvalue weighted by Gasteiger charge is 2.22. The van der Waals surface area contributed by atoms with Crippen LogP contribution in [0.3, 0.4) is 0 Å². The normalized spacial score (nSPS) is 25.0. The van der Waals surface area contributed by atoms with E-state index >= 15 is 0 Å². The van der Waals surface area contributed by atoms with E-state index in [1.165, 1.54) is 30.7 Å². The molecule has 2 rings (SSSR count). The van der Waals surface area contributed by atoms with Gasteiger partial charge in [-0.25, -0.2) is 0 Å². The number of halogens is 1. The Morgan fingerprint density at radius 3 is 3.38 bits per heavy atom. The van der Waals surface area contributed by atoms with E-state index in [4.69, 9.17) is 0 Å². The lowest BCUT2D eigenvalue weighted by Gasteiger charge is -1.84. The first-order chi connectivity index (χ1) is 3.97. The summed E-state index contributed by atoms with van der Waals surface area (Å²) >= 11 is 0.133. The average molecular weight is 223 g/mol. The van der Waals surface area contributed by atoms with Crippen molar-refractivity contribution in [2.75, 3.05) is 0 Å². The van der Waals surface area contributed by atoms with E-state index in [0.717, 1.165) is 0 Å². The van der Waals surface area contributed by atoms with Gasteiger partial charge in [-0.05, 0) is 12.8 Å². The molecule has 3 heteroatoms. The number of allylic oxidation sites excluding steroid dienone is 2. The van der Waals surface area contributed by atoms with Crippen molar-refractivity contribution in [2.45, 2.75) is 19.3 Å². The van der Waals surface area contributed by atoms with Crippen molar-refractivity contribution in [3.63, 3.8) is 0 Å². The molecular formula is C5H8IN2+. The lowest BCUT2D eigenvalue weighted by molar-refractivity contribution is -0.336. The van der Waals surface area contributed by atoms with E-state index < -0.39 is 0 Å². The van der Waals surface area contributed by atoms with Crippen molar-refractivity contribution >= 4 is 21.3 Å². The minimum absolute atomic E-state index is 0.133. The molecule has 1 aliphatic carbocycles.